The monoisotopic (exact) mass is 275 g/mol. The number of hydrogen-bond donors (Lipinski definition) is 2. The Bertz CT molecular complexity index is 654. The van der Waals surface area contributed by atoms with Gasteiger partial charge in [-0.2, -0.15) is 0 Å². The Hall–Kier alpha value is -2.34. The molecule has 20 heavy (non-hydrogen) atoms. The number of hydrogen-bond acceptors (Lipinski definition) is 4. The molecule has 0 saturated carbocycles. The van der Waals surface area contributed by atoms with Gasteiger partial charge in [0.2, 0.25) is 0 Å². The summed E-state index contributed by atoms with van der Waals surface area (Å²) in [7, 11) is 0. The second-order valence-electron chi connectivity index (χ2n) is 4.68. The van der Waals surface area contributed by atoms with Crippen LogP contribution in [0, 0.1) is 5.82 Å². The van der Waals surface area contributed by atoms with Crippen molar-refractivity contribution in [2.24, 2.45) is 5.84 Å². The second-order valence-corrected chi connectivity index (χ2v) is 4.68. The molecule has 0 radical (unpaired) electrons. The molecule has 2 heterocycles. The van der Waals surface area contributed by atoms with E-state index in [2.05, 4.69) is 5.43 Å². The van der Waals surface area contributed by atoms with Crippen LogP contribution in [0.15, 0.2) is 34.9 Å². The van der Waals surface area contributed by atoms with E-state index in [4.69, 9.17) is 10.3 Å². The fraction of sp³-hybridized carbons (Fsp3) is 0.214. The largest absolute Gasteiger partial charge is 0.467 e. The van der Waals surface area contributed by atoms with Crippen LogP contribution in [0.25, 0.3) is 0 Å². The quantitative estimate of drug-likeness (QED) is 0.507. The summed E-state index contributed by atoms with van der Waals surface area (Å²) in [5.41, 5.74) is 4.43. The summed E-state index contributed by atoms with van der Waals surface area (Å²) < 4.78 is 18.7. The summed E-state index contributed by atoms with van der Waals surface area (Å²) in [6, 6.07) is 6.33. The van der Waals surface area contributed by atoms with Crippen molar-refractivity contribution in [3.8, 4) is 0 Å². The third-order valence-electron chi connectivity index (χ3n) is 3.49. The Labute approximate surface area is 115 Å². The van der Waals surface area contributed by atoms with Gasteiger partial charge in [0.1, 0.15) is 11.6 Å². The Morgan fingerprint density at radius 2 is 2.30 bits per heavy atom. The molecule has 0 aliphatic carbocycles. The smallest absolute Gasteiger partial charge is 0.268 e. The molecule has 3 N–H and O–H groups in total. The molecule has 1 amide bonds. The number of furan rings is 1. The van der Waals surface area contributed by atoms with Crippen LogP contribution in [-0.2, 0) is 13.0 Å². The number of amides is 1. The first-order chi connectivity index (χ1) is 9.69. The van der Waals surface area contributed by atoms with Gasteiger partial charge in [0, 0.05) is 12.2 Å². The summed E-state index contributed by atoms with van der Waals surface area (Å²) in [5, 5.41) is 0. The molecule has 1 aromatic heterocycles. The number of benzene rings is 1. The summed E-state index contributed by atoms with van der Waals surface area (Å²) >= 11 is 0. The van der Waals surface area contributed by atoms with E-state index in [9.17, 15) is 9.18 Å². The van der Waals surface area contributed by atoms with Gasteiger partial charge in [0.05, 0.1) is 18.4 Å². The lowest BCUT2D eigenvalue weighted by atomic mass is 10.1. The van der Waals surface area contributed by atoms with Crippen LogP contribution in [0.5, 0.6) is 0 Å². The van der Waals surface area contributed by atoms with Gasteiger partial charge < -0.3 is 9.32 Å². The number of nitrogen functional groups attached to an aromatic ring is 1. The van der Waals surface area contributed by atoms with Crippen molar-refractivity contribution in [3.63, 3.8) is 0 Å². The third kappa shape index (κ3) is 2.14. The lowest BCUT2D eigenvalue weighted by Gasteiger charge is -2.18. The molecular weight excluding hydrogens is 261 g/mol. The molecule has 1 aliphatic rings. The maximum Gasteiger partial charge on any atom is 0.268 e. The van der Waals surface area contributed by atoms with Crippen molar-refractivity contribution >= 4 is 11.6 Å². The van der Waals surface area contributed by atoms with Gasteiger partial charge in [0.25, 0.3) is 5.91 Å². The molecule has 1 aliphatic heterocycles. The zero-order valence-electron chi connectivity index (χ0n) is 10.7. The number of nitrogens with one attached hydrogen (secondary N) is 1. The van der Waals surface area contributed by atoms with Crippen LogP contribution in [0.3, 0.4) is 0 Å². The second kappa shape index (κ2) is 4.97. The number of hydrazine groups is 1. The number of anilines is 1. The zero-order valence-corrected chi connectivity index (χ0v) is 10.7. The summed E-state index contributed by atoms with van der Waals surface area (Å²) in [6.07, 6.45) is 2.30. The van der Waals surface area contributed by atoms with Gasteiger partial charge in [0.15, 0.2) is 0 Å². The van der Waals surface area contributed by atoms with E-state index < -0.39 is 5.91 Å². The molecule has 5 nitrogen and oxygen atoms in total. The van der Waals surface area contributed by atoms with E-state index in [1.807, 2.05) is 4.90 Å². The molecule has 6 heteroatoms. The van der Waals surface area contributed by atoms with Crippen molar-refractivity contribution in [1.82, 2.24) is 5.43 Å². The van der Waals surface area contributed by atoms with Gasteiger partial charge >= 0.3 is 0 Å². The highest BCUT2D eigenvalue weighted by atomic mass is 19.1. The maximum atomic E-state index is 13.3. The molecule has 3 rings (SSSR count). The molecule has 0 bridgehead atoms. The Morgan fingerprint density at radius 3 is 3.10 bits per heavy atom. The molecule has 2 aromatic rings. The molecule has 0 fully saturated rings. The molecule has 0 spiro atoms. The van der Waals surface area contributed by atoms with Crippen LogP contribution in [0.2, 0.25) is 0 Å². The number of fused-ring (bicyclic) bond motifs is 1. The van der Waals surface area contributed by atoms with E-state index in [0.29, 0.717) is 17.9 Å². The van der Waals surface area contributed by atoms with Gasteiger partial charge in [-0.15, -0.1) is 0 Å². The SMILES string of the molecule is NNC(=O)c1ccoc1CN1CCc2ccc(F)cc21. The standard InChI is InChI=1S/C14H14FN3O2/c15-10-2-1-9-3-5-18(12(9)7-10)8-13-11(4-6-20-13)14(19)17-16/h1-2,4,6-7H,3,5,8,16H2,(H,17,19). The van der Waals surface area contributed by atoms with Crippen LogP contribution in [-0.4, -0.2) is 12.5 Å². The topological polar surface area (TPSA) is 71.5 Å². The molecule has 0 atom stereocenters. The highest BCUT2D eigenvalue weighted by molar-refractivity contribution is 5.94. The van der Waals surface area contributed by atoms with Crippen molar-refractivity contribution in [2.75, 3.05) is 11.4 Å². The zero-order chi connectivity index (χ0) is 14.1. The van der Waals surface area contributed by atoms with Gasteiger partial charge in [-0.3, -0.25) is 10.2 Å². The first-order valence-corrected chi connectivity index (χ1v) is 6.29. The van der Waals surface area contributed by atoms with Crippen LogP contribution >= 0.6 is 0 Å². The van der Waals surface area contributed by atoms with Crippen molar-refractivity contribution < 1.29 is 13.6 Å². The Kier molecular flexibility index (Phi) is 3.15. The van der Waals surface area contributed by atoms with E-state index in [1.54, 1.807) is 12.1 Å². The lowest BCUT2D eigenvalue weighted by Crippen LogP contribution is -2.31. The highest BCUT2D eigenvalue weighted by Crippen LogP contribution is 2.30. The average Bonchev–Trinajstić information content (AvgIpc) is 3.06. The van der Waals surface area contributed by atoms with E-state index in [-0.39, 0.29) is 5.82 Å². The number of carbonyl (C=O) groups is 1. The number of carbonyl (C=O) groups excluding carboxylic acids is 1. The molecule has 0 unspecified atom stereocenters. The number of nitrogens with two attached hydrogens (primary N) is 1. The number of rotatable bonds is 3. The Balaban J connectivity index is 1.86. The predicted molar refractivity (Wildman–Crippen MR) is 71.5 cm³/mol. The molecular formula is C14H14FN3O2. The van der Waals surface area contributed by atoms with Crippen molar-refractivity contribution in [2.45, 2.75) is 13.0 Å². The normalized spacial score (nSPS) is 13.4. The van der Waals surface area contributed by atoms with Crippen LogP contribution in [0.1, 0.15) is 21.7 Å². The van der Waals surface area contributed by atoms with Gasteiger partial charge in [-0.1, -0.05) is 6.07 Å². The number of halogens is 1. The van der Waals surface area contributed by atoms with Crippen LogP contribution < -0.4 is 16.2 Å². The average molecular weight is 275 g/mol. The minimum Gasteiger partial charge on any atom is -0.467 e. The maximum absolute atomic E-state index is 13.3. The van der Waals surface area contributed by atoms with E-state index >= 15 is 0 Å². The van der Waals surface area contributed by atoms with Crippen molar-refractivity contribution in [3.05, 3.63) is 53.2 Å². The molecule has 104 valence electrons. The number of nitrogens with zero attached hydrogens (tertiary/aromatic N) is 1. The highest BCUT2D eigenvalue weighted by Gasteiger charge is 2.23. The third-order valence-corrected chi connectivity index (χ3v) is 3.49. The predicted octanol–water partition coefficient (Wildman–Crippen LogP) is 1.58. The lowest BCUT2D eigenvalue weighted by molar-refractivity contribution is 0.0951. The van der Waals surface area contributed by atoms with Gasteiger partial charge in [-0.25, -0.2) is 10.2 Å². The first kappa shape index (κ1) is 12.7. The van der Waals surface area contributed by atoms with Crippen LogP contribution in [0.4, 0.5) is 10.1 Å². The van der Waals surface area contributed by atoms with Gasteiger partial charge in [-0.05, 0) is 30.2 Å². The molecule has 1 aromatic carbocycles. The molecule has 0 saturated heterocycles. The first-order valence-electron chi connectivity index (χ1n) is 6.29. The Morgan fingerprint density at radius 1 is 1.45 bits per heavy atom. The minimum absolute atomic E-state index is 0.269. The summed E-state index contributed by atoms with van der Waals surface area (Å²) in [4.78, 5) is 13.6. The van der Waals surface area contributed by atoms with Crippen molar-refractivity contribution in [1.29, 1.82) is 0 Å². The minimum atomic E-state index is -0.396. The van der Waals surface area contributed by atoms with E-state index in [1.165, 1.54) is 18.4 Å². The summed E-state index contributed by atoms with van der Waals surface area (Å²) in [5.74, 6) is 4.99. The fourth-order valence-corrected chi connectivity index (χ4v) is 2.50. The summed E-state index contributed by atoms with van der Waals surface area (Å²) in [6.45, 7) is 1.18. The van der Waals surface area contributed by atoms with E-state index in [0.717, 1.165) is 24.2 Å². The fourth-order valence-electron chi connectivity index (χ4n) is 2.50.